The molecule has 0 heterocycles. The highest BCUT2D eigenvalue weighted by molar-refractivity contribution is 14.0. The van der Waals surface area contributed by atoms with Gasteiger partial charge in [-0.05, 0) is 25.7 Å². The third kappa shape index (κ3) is 9.12. The van der Waals surface area contributed by atoms with E-state index in [2.05, 4.69) is 21.7 Å². The third-order valence-electron chi connectivity index (χ3n) is 2.80. The van der Waals surface area contributed by atoms with Gasteiger partial charge in [0.05, 0.1) is 6.42 Å². The molecule has 0 aromatic rings. The Kier molecular flexibility index (Phi) is 9.20. The van der Waals surface area contributed by atoms with Crippen molar-refractivity contribution in [3.05, 3.63) is 11.6 Å². The fourth-order valence-corrected chi connectivity index (χ4v) is 1.85. The Morgan fingerprint density at radius 2 is 2.00 bits per heavy atom. The van der Waals surface area contributed by atoms with Crippen LogP contribution in [0.5, 0.6) is 0 Å². The lowest BCUT2D eigenvalue weighted by Crippen LogP contribution is -2.39. The second-order valence-electron chi connectivity index (χ2n) is 4.30. The van der Waals surface area contributed by atoms with Gasteiger partial charge in [0, 0.05) is 20.1 Å². The van der Waals surface area contributed by atoms with E-state index < -0.39 is 12.6 Å². The van der Waals surface area contributed by atoms with E-state index in [9.17, 15) is 13.2 Å². The van der Waals surface area contributed by atoms with Crippen molar-refractivity contribution in [3.8, 4) is 0 Å². The first-order valence-corrected chi connectivity index (χ1v) is 6.20. The molecule has 0 atom stereocenters. The fourth-order valence-electron chi connectivity index (χ4n) is 1.85. The molecular weight excluding hydrogens is 370 g/mol. The normalized spacial score (nSPS) is 15.8. The minimum atomic E-state index is -4.12. The maximum absolute atomic E-state index is 12.0. The molecule has 0 saturated carbocycles. The first-order valence-electron chi connectivity index (χ1n) is 6.20. The van der Waals surface area contributed by atoms with Crippen molar-refractivity contribution in [2.45, 2.75) is 38.3 Å². The smallest absolute Gasteiger partial charge is 0.356 e. The monoisotopic (exact) mass is 391 g/mol. The summed E-state index contributed by atoms with van der Waals surface area (Å²) < 4.78 is 35.9. The maximum atomic E-state index is 12.0. The van der Waals surface area contributed by atoms with Crippen LogP contribution in [-0.4, -0.2) is 32.3 Å². The van der Waals surface area contributed by atoms with Crippen LogP contribution in [0.2, 0.25) is 0 Å². The lowest BCUT2D eigenvalue weighted by Gasteiger charge is -2.13. The van der Waals surface area contributed by atoms with Gasteiger partial charge in [-0.3, -0.25) is 4.99 Å². The summed E-state index contributed by atoms with van der Waals surface area (Å²) in [5.74, 6) is 0.429. The van der Waals surface area contributed by atoms with Crippen LogP contribution in [0.1, 0.15) is 32.1 Å². The van der Waals surface area contributed by atoms with Gasteiger partial charge < -0.3 is 10.6 Å². The van der Waals surface area contributed by atoms with Gasteiger partial charge in [0.15, 0.2) is 5.96 Å². The number of alkyl halides is 3. The number of allylic oxidation sites excluding steroid dienone is 1. The Morgan fingerprint density at radius 3 is 2.53 bits per heavy atom. The topological polar surface area (TPSA) is 36.4 Å². The predicted molar refractivity (Wildman–Crippen MR) is 82.0 cm³/mol. The van der Waals surface area contributed by atoms with E-state index in [0.29, 0.717) is 12.5 Å². The van der Waals surface area contributed by atoms with Gasteiger partial charge in [-0.1, -0.05) is 11.6 Å². The van der Waals surface area contributed by atoms with E-state index in [1.165, 1.54) is 12.0 Å². The SMILES string of the molecule is CN=C(NCCC1=CCCC1)NCCC(F)(F)F.I. The highest BCUT2D eigenvalue weighted by Gasteiger charge is 2.26. The summed E-state index contributed by atoms with van der Waals surface area (Å²) in [4.78, 5) is 3.88. The number of aliphatic imine (C=N–C) groups is 1. The fraction of sp³-hybridized carbons (Fsp3) is 0.750. The first kappa shape index (κ1) is 18.5. The molecule has 112 valence electrons. The summed E-state index contributed by atoms with van der Waals surface area (Å²) >= 11 is 0. The maximum Gasteiger partial charge on any atom is 0.390 e. The lowest BCUT2D eigenvalue weighted by atomic mass is 10.2. The molecule has 7 heteroatoms. The second-order valence-corrected chi connectivity index (χ2v) is 4.30. The van der Waals surface area contributed by atoms with Crippen LogP contribution < -0.4 is 10.6 Å². The van der Waals surface area contributed by atoms with Crippen molar-refractivity contribution >= 4 is 29.9 Å². The standard InChI is InChI=1S/C12H20F3N3.HI/c1-16-11(18-9-7-12(13,14)15)17-8-6-10-4-2-3-5-10;/h4H,2-3,5-9H2,1H3,(H2,16,17,18);1H. The van der Waals surface area contributed by atoms with Gasteiger partial charge in [-0.2, -0.15) is 13.2 Å². The molecule has 19 heavy (non-hydrogen) atoms. The molecule has 1 aliphatic carbocycles. The van der Waals surface area contributed by atoms with Crippen LogP contribution in [0.15, 0.2) is 16.6 Å². The molecule has 0 aliphatic heterocycles. The summed E-state index contributed by atoms with van der Waals surface area (Å²) in [7, 11) is 1.55. The van der Waals surface area contributed by atoms with Crippen LogP contribution in [0.4, 0.5) is 13.2 Å². The predicted octanol–water partition coefficient (Wildman–Crippen LogP) is 3.22. The molecule has 0 saturated heterocycles. The Balaban J connectivity index is 0.00000324. The van der Waals surface area contributed by atoms with Gasteiger partial charge in [-0.15, -0.1) is 24.0 Å². The third-order valence-corrected chi connectivity index (χ3v) is 2.80. The summed E-state index contributed by atoms with van der Waals surface area (Å²) in [6.45, 7) is 0.559. The van der Waals surface area contributed by atoms with Crippen LogP contribution in [0.3, 0.4) is 0 Å². The van der Waals surface area contributed by atoms with Gasteiger partial charge in [0.25, 0.3) is 0 Å². The molecule has 0 radical (unpaired) electrons. The molecule has 3 nitrogen and oxygen atoms in total. The zero-order valence-corrected chi connectivity index (χ0v) is 13.3. The van der Waals surface area contributed by atoms with Gasteiger partial charge in [-0.25, -0.2) is 0 Å². The zero-order chi connectivity index (χ0) is 13.4. The molecule has 0 bridgehead atoms. The van der Waals surface area contributed by atoms with Crippen LogP contribution in [0, 0.1) is 0 Å². The summed E-state index contributed by atoms with van der Waals surface area (Å²) in [6.07, 6.45) is 1.70. The average molecular weight is 391 g/mol. The Hall–Kier alpha value is -0.470. The first-order chi connectivity index (χ1) is 8.51. The Bertz CT molecular complexity index is 314. The Labute approximate surface area is 129 Å². The molecule has 0 spiro atoms. The molecule has 0 amide bonds. The van der Waals surface area contributed by atoms with Gasteiger partial charge in [0.2, 0.25) is 0 Å². The quantitative estimate of drug-likeness (QED) is 0.327. The summed E-state index contributed by atoms with van der Waals surface area (Å²) in [5, 5.41) is 5.66. The number of halogens is 4. The molecule has 0 aromatic heterocycles. The van der Waals surface area contributed by atoms with E-state index in [4.69, 9.17) is 0 Å². The van der Waals surface area contributed by atoms with E-state index in [-0.39, 0.29) is 30.5 Å². The van der Waals surface area contributed by atoms with Crippen molar-refractivity contribution in [3.63, 3.8) is 0 Å². The molecule has 0 fully saturated rings. The second kappa shape index (κ2) is 9.44. The molecule has 2 N–H and O–H groups in total. The Morgan fingerprint density at radius 1 is 1.32 bits per heavy atom. The highest BCUT2D eigenvalue weighted by atomic mass is 127. The average Bonchev–Trinajstić information content (AvgIpc) is 2.78. The van der Waals surface area contributed by atoms with Crippen molar-refractivity contribution in [2.75, 3.05) is 20.1 Å². The highest BCUT2D eigenvalue weighted by Crippen LogP contribution is 2.19. The van der Waals surface area contributed by atoms with Crippen LogP contribution >= 0.6 is 24.0 Å². The minimum absolute atomic E-state index is 0. The van der Waals surface area contributed by atoms with E-state index in [0.717, 1.165) is 19.3 Å². The van der Waals surface area contributed by atoms with E-state index in [1.807, 2.05) is 0 Å². The number of guanidine groups is 1. The van der Waals surface area contributed by atoms with Crippen molar-refractivity contribution in [1.82, 2.24) is 10.6 Å². The molecule has 0 aromatic carbocycles. The number of nitrogens with zero attached hydrogens (tertiary/aromatic N) is 1. The number of rotatable bonds is 5. The van der Waals surface area contributed by atoms with Gasteiger partial charge >= 0.3 is 6.18 Å². The summed E-state index contributed by atoms with van der Waals surface area (Å²) in [6, 6.07) is 0. The van der Waals surface area contributed by atoms with Gasteiger partial charge in [0.1, 0.15) is 0 Å². The molecule has 0 unspecified atom stereocenters. The lowest BCUT2D eigenvalue weighted by molar-refractivity contribution is -0.132. The number of hydrogen-bond donors (Lipinski definition) is 2. The number of nitrogens with one attached hydrogen (secondary N) is 2. The van der Waals surface area contributed by atoms with Crippen LogP contribution in [0.25, 0.3) is 0 Å². The molecular formula is C12H21F3IN3. The summed E-state index contributed by atoms with van der Waals surface area (Å²) in [5.41, 5.74) is 1.42. The largest absolute Gasteiger partial charge is 0.390 e. The van der Waals surface area contributed by atoms with E-state index in [1.54, 1.807) is 7.05 Å². The van der Waals surface area contributed by atoms with Crippen molar-refractivity contribution < 1.29 is 13.2 Å². The van der Waals surface area contributed by atoms with Crippen molar-refractivity contribution in [1.29, 1.82) is 0 Å². The van der Waals surface area contributed by atoms with Crippen LogP contribution in [-0.2, 0) is 0 Å². The molecule has 1 rings (SSSR count). The zero-order valence-electron chi connectivity index (χ0n) is 11.0. The molecule has 1 aliphatic rings. The minimum Gasteiger partial charge on any atom is -0.356 e. The van der Waals surface area contributed by atoms with Crippen molar-refractivity contribution in [2.24, 2.45) is 4.99 Å². The van der Waals surface area contributed by atoms with E-state index >= 15 is 0 Å². The number of hydrogen-bond acceptors (Lipinski definition) is 1.